The predicted molar refractivity (Wildman–Crippen MR) is 133 cm³/mol. The van der Waals surface area contributed by atoms with Crippen molar-refractivity contribution >= 4 is 29.7 Å². The number of aliphatic carboxylic acids is 1. The molecule has 2 aliphatic rings. The zero-order chi connectivity index (χ0) is 25.1. The third-order valence-electron chi connectivity index (χ3n) is 6.41. The largest absolute Gasteiger partial charge is 0.480 e. The van der Waals surface area contributed by atoms with Crippen molar-refractivity contribution in [1.29, 1.82) is 0 Å². The fourth-order valence-electron chi connectivity index (χ4n) is 4.78. The van der Waals surface area contributed by atoms with Crippen molar-refractivity contribution in [2.75, 3.05) is 18.9 Å². The van der Waals surface area contributed by atoms with Crippen LogP contribution >= 0.6 is 11.8 Å². The van der Waals surface area contributed by atoms with Crippen LogP contribution in [-0.2, 0) is 14.3 Å². The number of hydrogen-bond donors (Lipinski definition) is 3. The van der Waals surface area contributed by atoms with Gasteiger partial charge in [0.25, 0.3) is 0 Å². The van der Waals surface area contributed by atoms with Crippen LogP contribution in [0.3, 0.4) is 0 Å². The fraction of sp³-hybridized carbons (Fsp3) is 0.423. The summed E-state index contributed by atoms with van der Waals surface area (Å²) in [6, 6.07) is 15.1. The van der Waals surface area contributed by atoms with Crippen LogP contribution in [0.4, 0.5) is 4.79 Å². The minimum atomic E-state index is -1.16. The van der Waals surface area contributed by atoms with Crippen molar-refractivity contribution in [3.05, 3.63) is 59.7 Å². The number of hydrogen-bond acceptors (Lipinski definition) is 6. The Bertz CT molecular complexity index is 1060. The molecule has 1 aliphatic carbocycles. The molecule has 2 amide bonds. The first-order valence-corrected chi connectivity index (χ1v) is 12.7. The van der Waals surface area contributed by atoms with Crippen molar-refractivity contribution in [2.45, 2.75) is 43.7 Å². The summed E-state index contributed by atoms with van der Waals surface area (Å²) in [7, 11) is 0. The Balaban J connectivity index is 1.29. The molecular formula is C26H30N2O6S. The standard InChI is InChI=1S/C26H30N2O6S/c1-15(2)24-28(22(14-35-24)25(31)32)23(30)11-16(29)12-27-26(33)34-13-21-19-9-5-3-7-17(19)18-8-4-6-10-20(18)21/h3-10,15-16,21-22,24,29H,11-14H2,1-2H3,(H,27,33)(H,31,32). The maximum atomic E-state index is 12.8. The number of fused-ring (bicyclic) bond motifs is 3. The van der Waals surface area contributed by atoms with Gasteiger partial charge in [-0.25, -0.2) is 9.59 Å². The predicted octanol–water partition coefficient (Wildman–Crippen LogP) is 3.29. The molecule has 3 atom stereocenters. The van der Waals surface area contributed by atoms with E-state index < -0.39 is 30.1 Å². The van der Waals surface area contributed by atoms with Crippen LogP contribution in [0.5, 0.6) is 0 Å². The molecule has 1 heterocycles. The lowest BCUT2D eigenvalue weighted by Crippen LogP contribution is -2.48. The lowest BCUT2D eigenvalue weighted by molar-refractivity contribution is -0.150. The maximum absolute atomic E-state index is 12.8. The van der Waals surface area contributed by atoms with E-state index in [1.54, 1.807) is 0 Å². The van der Waals surface area contributed by atoms with Gasteiger partial charge in [-0.15, -0.1) is 11.8 Å². The molecule has 186 valence electrons. The molecule has 9 heteroatoms. The molecule has 1 fully saturated rings. The zero-order valence-electron chi connectivity index (χ0n) is 19.7. The molecule has 1 aliphatic heterocycles. The molecule has 2 aromatic rings. The lowest BCUT2D eigenvalue weighted by Gasteiger charge is -2.30. The Morgan fingerprint density at radius 1 is 1.09 bits per heavy atom. The second kappa shape index (κ2) is 10.7. The number of aliphatic hydroxyl groups excluding tert-OH is 1. The summed E-state index contributed by atoms with van der Waals surface area (Å²) in [5.41, 5.74) is 4.46. The van der Waals surface area contributed by atoms with Crippen molar-refractivity contribution in [2.24, 2.45) is 5.92 Å². The Labute approximate surface area is 208 Å². The Kier molecular flexibility index (Phi) is 7.66. The molecule has 0 saturated carbocycles. The number of ether oxygens (including phenoxy) is 1. The first kappa shape index (κ1) is 25.1. The van der Waals surface area contributed by atoms with E-state index in [1.807, 2.05) is 50.2 Å². The van der Waals surface area contributed by atoms with E-state index in [0.29, 0.717) is 5.75 Å². The number of rotatable bonds is 8. The number of nitrogens with one attached hydrogen (secondary N) is 1. The van der Waals surface area contributed by atoms with Crippen LogP contribution in [0.1, 0.15) is 37.3 Å². The summed E-state index contributed by atoms with van der Waals surface area (Å²) in [5, 5.41) is 22.1. The van der Waals surface area contributed by atoms with Crippen molar-refractivity contribution in [3.63, 3.8) is 0 Å². The van der Waals surface area contributed by atoms with Gasteiger partial charge in [-0.2, -0.15) is 0 Å². The average molecular weight is 499 g/mol. The third kappa shape index (κ3) is 5.31. The highest BCUT2D eigenvalue weighted by Crippen LogP contribution is 2.44. The second-order valence-corrected chi connectivity index (χ2v) is 10.3. The molecule has 1 saturated heterocycles. The molecule has 0 bridgehead atoms. The molecule has 8 nitrogen and oxygen atoms in total. The Morgan fingerprint density at radius 2 is 1.69 bits per heavy atom. The number of benzene rings is 2. The van der Waals surface area contributed by atoms with E-state index in [0.717, 1.165) is 22.3 Å². The van der Waals surface area contributed by atoms with Gasteiger partial charge in [0.2, 0.25) is 5.91 Å². The van der Waals surface area contributed by atoms with E-state index in [2.05, 4.69) is 17.4 Å². The maximum Gasteiger partial charge on any atom is 0.407 e. The van der Waals surface area contributed by atoms with Crippen LogP contribution < -0.4 is 5.32 Å². The number of amides is 2. The van der Waals surface area contributed by atoms with Crippen LogP contribution in [0, 0.1) is 5.92 Å². The number of aliphatic hydroxyl groups is 1. The van der Waals surface area contributed by atoms with Crippen LogP contribution in [0.25, 0.3) is 11.1 Å². The normalized spacial score (nSPS) is 19.8. The lowest BCUT2D eigenvalue weighted by atomic mass is 9.98. The average Bonchev–Trinajstić information content (AvgIpc) is 3.42. The van der Waals surface area contributed by atoms with Gasteiger partial charge in [-0.05, 0) is 28.2 Å². The van der Waals surface area contributed by atoms with Crippen LogP contribution in [0.15, 0.2) is 48.5 Å². The first-order valence-electron chi connectivity index (χ1n) is 11.7. The summed E-state index contributed by atoms with van der Waals surface area (Å²) in [4.78, 5) is 38.1. The molecule has 0 radical (unpaired) electrons. The number of alkyl carbamates (subject to hydrolysis) is 1. The van der Waals surface area contributed by atoms with Gasteiger partial charge >= 0.3 is 12.1 Å². The number of carbonyl (C=O) groups excluding carboxylic acids is 2. The van der Waals surface area contributed by atoms with Gasteiger partial charge in [-0.3, -0.25) is 4.79 Å². The zero-order valence-corrected chi connectivity index (χ0v) is 20.5. The highest BCUT2D eigenvalue weighted by atomic mass is 32.2. The van der Waals surface area contributed by atoms with E-state index in [-0.39, 0.29) is 36.8 Å². The number of carboxylic acid groups (broad SMARTS) is 1. The number of carboxylic acids is 1. The third-order valence-corrected chi connectivity index (χ3v) is 8.04. The number of thioether (sulfide) groups is 1. The Morgan fingerprint density at radius 3 is 2.26 bits per heavy atom. The van der Waals surface area contributed by atoms with Crippen molar-refractivity contribution < 1.29 is 29.3 Å². The van der Waals surface area contributed by atoms with Gasteiger partial charge < -0.3 is 25.2 Å². The van der Waals surface area contributed by atoms with Crippen LogP contribution in [-0.4, -0.2) is 69.5 Å². The topological polar surface area (TPSA) is 116 Å². The smallest absolute Gasteiger partial charge is 0.407 e. The monoisotopic (exact) mass is 498 g/mol. The number of nitrogens with zero attached hydrogens (tertiary/aromatic N) is 1. The van der Waals surface area contributed by atoms with Gasteiger partial charge in [0.15, 0.2) is 0 Å². The van der Waals surface area contributed by atoms with Crippen molar-refractivity contribution in [3.8, 4) is 11.1 Å². The molecule has 4 rings (SSSR count). The summed E-state index contributed by atoms with van der Waals surface area (Å²) in [6.45, 7) is 3.83. The Hall–Kier alpha value is -3.04. The molecule has 0 aromatic heterocycles. The summed E-state index contributed by atoms with van der Waals surface area (Å²) < 4.78 is 5.45. The summed E-state index contributed by atoms with van der Waals surface area (Å²) in [5.74, 6) is -1.18. The van der Waals surface area contributed by atoms with Gasteiger partial charge in [-0.1, -0.05) is 62.4 Å². The van der Waals surface area contributed by atoms with Gasteiger partial charge in [0, 0.05) is 18.2 Å². The van der Waals surface area contributed by atoms with E-state index in [9.17, 15) is 24.6 Å². The molecular weight excluding hydrogens is 468 g/mol. The second-order valence-electron chi connectivity index (χ2n) is 9.19. The summed E-state index contributed by atoms with van der Waals surface area (Å²) in [6.07, 6.45) is -2.12. The summed E-state index contributed by atoms with van der Waals surface area (Å²) >= 11 is 1.43. The quantitative estimate of drug-likeness (QED) is 0.511. The SMILES string of the molecule is CC(C)C1SCC(C(=O)O)N1C(=O)CC(O)CNC(=O)OCC1c2ccccc2-c2ccccc21. The minimum absolute atomic E-state index is 0.0735. The highest BCUT2D eigenvalue weighted by molar-refractivity contribution is 8.00. The highest BCUT2D eigenvalue weighted by Gasteiger charge is 2.43. The van der Waals surface area contributed by atoms with Gasteiger partial charge in [0.05, 0.1) is 17.9 Å². The molecule has 35 heavy (non-hydrogen) atoms. The first-order chi connectivity index (χ1) is 16.8. The van der Waals surface area contributed by atoms with Gasteiger partial charge in [0.1, 0.15) is 12.6 Å². The molecule has 3 N–H and O–H groups in total. The van der Waals surface area contributed by atoms with Crippen molar-refractivity contribution in [1.82, 2.24) is 10.2 Å². The van der Waals surface area contributed by atoms with E-state index >= 15 is 0 Å². The van der Waals surface area contributed by atoms with E-state index in [1.165, 1.54) is 16.7 Å². The minimum Gasteiger partial charge on any atom is -0.480 e. The number of carbonyl (C=O) groups is 3. The molecule has 2 aromatic carbocycles. The molecule has 0 spiro atoms. The molecule has 3 unspecified atom stereocenters. The fourth-order valence-corrected chi connectivity index (χ4v) is 6.27. The van der Waals surface area contributed by atoms with E-state index in [4.69, 9.17) is 4.74 Å². The van der Waals surface area contributed by atoms with Crippen LogP contribution in [0.2, 0.25) is 0 Å².